The molecule has 2 rings (SSSR count). The number of carbonyl (C=O) groups is 2. The first kappa shape index (κ1) is 15.1. The molecule has 1 saturated carbocycles. The smallest absolute Gasteiger partial charge is 0.317 e. The van der Waals surface area contributed by atoms with E-state index in [1.807, 2.05) is 9.80 Å². The summed E-state index contributed by atoms with van der Waals surface area (Å²) in [7, 11) is 0. The van der Waals surface area contributed by atoms with Crippen LogP contribution in [-0.4, -0.2) is 65.2 Å². The van der Waals surface area contributed by atoms with E-state index < -0.39 is 5.97 Å². The lowest BCUT2D eigenvalue weighted by Gasteiger charge is -2.30. The Labute approximate surface area is 120 Å². The molecule has 0 radical (unpaired) electrons. The molecule has 0 aromatic heterocycles. The highest BCUT2D eigenvalue weighted by Gasteiger charge is 2.32. The van der Waals surface area contributed by atoms with Gasteiger partial charge in [-0.1, -0.05) is 12.8 Å². The van der Waals surface area contributed by atoms with Crippen molar-refractivity contribution in [3.8, 4) is 0 Å². The summed E-state index contributed by atoms with van der Waals surface area (Å²) in [6, 6.07) is 0.00609. The number of rotatable bonds is 3. The Bertz CT molecular complexity index is 367. The van der Waals surface area contributed by atoms with Gasteiger partial charge in [-0.25, -0.2) is 4.79 Å². The second kappa shape index (κ2) is 6.43. The van der Waals surface area contributed by atoms with E-state index in [9.17, 15) is 9.59 Å². The maximum Gasteiger partial charge on any atom is 0.317 e. The van der Waals surface area contributed by atoms with Crippen molar-refractivity contribution in [2.24, 2.45) is 0 Å². The summed E-state index contributed by atoms with van der Waals surface area (Å²) in [6.07, 6.45) is 5.30. The predicted octanol–water partition coefficient (Wildman–Crippen LogP) is 1.12. The molecule has 0 aromatic rings. The van der Waals surface area contributed by atoms with Gasteiger partial charge in [-0.15, -0.1) is 0 Å². The van der Waals surface area contributed by atoms with Crippen LogP contribution in [0.1, 0.15) is 39.0 Å². The lowest BCUT2D eigenvalue weighted by atomic mass is 10.0. The molecule has 0 spiro atoms. The summed E-state index contributed by atoms with van der Waals surface area (Å²) in [6.45, 7) is 4.87. The minimum Gasteiger partial charge on any atom is -0.480 e. The van der Waals surface area contributed by atoms with Gasteiger partial charge in [0, 0.05) is 31.7 Å². The number of carboxylic acids is 1. The van der Waals surface area contributed by atoms with Crippen molar-refractivity contribution in [1.82, 2.24) is 15.1 Å². The van der Waals surface area contributed by atoms with Gasteiger partial charge in [-0.2, -0.15) is 0 Å². The number of carbonyl (C=O) groups excluding carboxylic acids is 1. The fourth-order valence-electron chi connectivity index (χ4n) is 3.14. The third kappa shape index (κ3) is 4.10. The Balaban J connectivity index is 1.83. The van der Waals surface area contributed by atoms with Crippen molar-refractivity contribution in [2.75, 3.05) is 32.7 Å². The maximum absolute atomic E-state index is 12.3. The molecule has 0 bridgehead atoms. The molecule has 1 aliphatic heterocycles. The number of nitrogens with zero attached hydrogens (tertiary/aromatic N) is 2. The molecule has 1 aliphatic carbocycles. The third-order valence-electron chi connectivity index (χ3n) is 4.35. The second-order valence-electron chi connectivity index (χ2n) is 6.21. The zero-order chi connectivity index (χ0) is 14.6. The van der Waals surface area contributed by atoms with Crippen LogP contribution >= 0.6 is 0 Å². The van der Waals surface area contributed by atoms with E-state index in [-0.39, 0.29) is 18.1 Å². The van der Waals surface area contributed by atoms with Crippen LogP contribution in [0.4, 0.5) is 4.79 Å². The molecule has 2 fully saturated rings. The Hall–Kier alpha value is -1.30. The highest BCUT2D eigenvalue weighted by atomic mass is 16.4. The van der Waals surface area contributed by atoms with Crippen molar-refractivity contribution in [2.45, 2.75) is 44.6 Å². The molecule has 2 aliphatic rings. The van der Waals surface area contributed by atoms with Crippen LogP contribution in [0.2, 0.25) is 0 Å². The number of hydrogen-bond donors (Lipinski definition) is 2. The fourth-order valence-corrected chi connectivity index (χ4v) is 3.14. The molecule has 1 saturated heterocycles. The molecule has 1 heterocycles. The normalized spacial score (nSPS) is 23.4. The quantitative estimate of drug-likeness (QED) is 0.814. The van der Waals surface area contributed by atoms with Gasteiger partial charge in [0.2, 0.25) is 0 Å². The number of aliphatic carboxylic acids is 1. The lowest BCUT2D eigenvalue weighted by Crippen LogP contribution is -2.51. The maximum atomic E-state index is 12.3. The molecule has 114 valence electrons. The average Bonchev–Trinajstić information content (AvgIpc) is 2.65. The van der Waals surface area contributed by atoms with E-state index in [1.54, 1.807) is 0 Å². The average molecular weight is 283 g/mol. The number of carboxylic acid groups (broad SMARTS) is 1. The fraction of sp³-hybridized carbons (Fsp3) is 0.857. The summed E-state index contributed by atoms with van der Waals surface area (Å²) in [5.74, 6) is -0.804. The Morgan fingerprint density at radius 2 is 1.80 bits per heavy atom. The summed E-state index contributed by atoms with van der Waals surface area (Å²) in [4.78, 5) is 26.8. The van der Waals surface area contributed by atoms with Crippen molar-refractivity contribution in [3.05, 3.63) is 0 Å². The van der Waals surface area contributed by atoms with E-state index in [1.165, 1.54) is 12.8 Å². The number of nitrogens with one attached hydrogen (secondary N) is 1. The molecule has 0 unspecified atom stereocenters. The van der Waals surface area contributed by atoms with Gasteiger partial charge in [-0.3, -0.25) is 9.69 Å². The zero-order valence-corrected chi connectivity index (χ0v) is 12.2. The van der Waals surface area contributed by atoms with E-state index in [0.717, 1.165) is 25.8 Å². The summed E-state index contributed by atoms with van der Waals surface area (Å²) in [5, 5.41) is 12.0. The molecule has 6 heteroatoms. The van der Waals surface area contributed by atoms with Crippen molar-refractivity contribution in [3.63, 3.8) is 0 Å². The van der Waals surface area contributed by atoms with E-state index in [4.69, 9.17) is 5.11 Å². The lowest BCUT2D eigenvalue weighted by molar-refractivity contribution is -0.138. The number of amides is 2. The van der Waals surface area contributed by atoms with Gasteiger partial charge in [0.15, 0.2) is 0 Å². The van der Waals surface area contributed by atoms with Crippen molar-refractivity contribution in [1.29, 1.82) is 0 Å². The molecule has 6 nitrogen and oxygen atoms in total. The van der Waals surface area contributed by atoms with Crippen LogP contribution in [0, 0.1) is 0 Å². The minimum absolute atomic E-state index is 0.00609. The molecule has 2 amide bonds. The predicted molar refractivity (Wildman–Crippen MR) is 75.7 cm³/mol. The van der Waals surface area contributed by atoms with Crippen LogP contribution < -0.4 is 5.32 Å². The zero-order valence-electron chi connectivity index (χ0n) is 12.2. The first-order valence-electron chi connectivity index (χ1n) is 7.50. The first-order chi connectivity index (χ1) is 9.48. The van der Waals surface area contributed by atoms with Gasteiger partial charge in [0.25, 0.3) is 0 Å². The van der Waals surface area contributed by atoms with Crippen molar-refractivity contribution < 1.29 is 14.7 Å². The molecule has 2 N–H and O–H groups in total. The summed E-state index contributed by atoms with van der Waals surface area (Å²) in [5.41, 5.74) is -0.0514. The highest BCUT2D eigenvalue weighted by molar-refractivity contribution is 5.75. The number of hydrogen-bond acceptors (Lipinski definition) is 3. The van der Waals surface area contributed by atoms with E-state index >= 15 is 0 Å². The Kier molecular flexibility index (Phi) is 4.86. The van der Waals surface area contributed by atoms with Crippen LogP contribution in [0.5, 0.6) is 0 Å². The van der Waals surface area contributed by atoms with Gasteiger partial charge in [-0.05, 0) is 26.2 Å². The summed E-state index contributed by atoms with van der Waals surface area (Å²) < 4.78 is 0. The van der Waals surface area contributed by atoms with Gasteiger partial charge in [0.05, 0.1) is 6.54 Å². The van der Waals surface area contributed by atoms with Gasteiger partial charge >= 0.3 is 12.0 Å². The van der Waals surface area contributed by atoms with Crippen LogP contribution in [0.25, 0.3) is 0 Å². The molecule has 0 aromatic carbocycles. The highest BCUT2D eigenvalue weighted by Crippen LogP contribution is 2.29. The number of urea groups is 1. The molecular weight excluding hydrogens is 258 g/mol. The van der Waals surface area contributed by atoms with Crippen LogP contribution in [-0.2, 0) is 4.79 Å². The topological polar surface area (TPSA) is 72.9 Å². The summed E-state index contributed by atoms with van der Waals surface area (Å²) >= 11 is 0. The van der Waals surface area contributed by atoms with Crippen LogP contribution in [0.15, 0.2) is 0 Å². The van der Waals surface area contributed by atoms with Crippen LogP contribution in [0.3, 0.4) is 0 Å². The SMILES string of the molecule is CC1(NC(=O)N2CCCN(CC(=O)O)CC2)CCCC1. The Morgan fingerprint density at radius 3 is 2.45 bits per heavy atom. The molecular formula is C14H25N3O3. The van der Waals surface area contributed by atoms with Gasteiger partial charge < -0.3 is 15.3 Å². The third-order valence-corrected chi connectivity index (χ3v) is 4.35. The second-order valence-corrected chi connectivity index (χ2v) is 6.21. The monoisotopic (exact) mass is 283 g/mol. The largest absolute Gasteiger partial charge is 0.480 e. The van der Waals surface area contributed by atoms with E-state index in [0.29, 0.717) is 19.6 Å². The van der Waals surface area contributed by atoms with Gasteiger partial charge in [0.1, 0.15) is 0 Å². The standard InChI is InChI=1S/C14H25N3O3/c1-14(5-2-3-6-14)15-13(20)17-8-4-7-16(9-10-17)11-12(18)19/h2-11H2,1H3,(H,15,20)(H,18,19). The molecule has 20 heavy (non-hydrogen) atoms. The minimum atomic E-state index is -0.804. The van der Waals surface area contributed by atoms with E-state index in [2.05, 4.69) is 12.2 Å². The molecule has 0 atom stereocenters. The Morgan fingerprint density at radius 1 is 1.10 bits per heavy atom. The van der Waals surface area contributed by atoms with Crippen molar-refractivity contribution >= 4 is 12.0 Å². The first-order valence-corrected chi connectivity index (χ1v) is 7.50.